The SMILES string of the molecule is C=C1CC(C(=O)OCC)CCCNc2ncnc(O)c21. The first-order valence-corrected chi connectivity index (χ1v) is 6.76. The Morgan fingerprint density at radius 2 is 2.40 bits per heavy atom. The topological polar surface area (TPSA) is 84.3 Å². The number of aromatic hydroxyl groups is 1. The van der Waals surface area contributed by atoms with Gasteiger partial charge in [0.25, 0.3) is 0 Å². The molecular formula is C14H19N3O3. The number of carbonyl (C=O) groups excluding carboxylic acids is 1. The van der Waals surface area contributed by atoms with Crippen molar-refractivity contribution in [2.45, 2.75) is 26.2 Å². The zero-order valence-corrected chi connectivity index (χ0v) is 11.6. The van der Waals surface area contributed by atoms with Crippen LogP contribution in [0.5, 0.6) is 5.88 Å². The number of fused-ring (bicyclic) bond motifs is 1. The Bertz CT molecular complexity index is 516. The van der Waals surface area contributed by atoms with E-state index in [-0.39, 0.29) is 17.8 Å². The number of nitrogens with zero attached hydrogens (tertiary/aromatic N) is 2. The molecule has 0 bridgehead atoms. The minimum atomic E-state index is -0.241. The number of rotatable bonds is 2. The van der Waals surface area contributed by atoms with Crippen LogP contribution in [0, 0.1) is 5.92 Å². The third-order valence-electron chi connectivity index (χ3n) is 3.32. The molecule has 0 radical (unpaired) electrons. The summed E-state index contributed by atoms with van der Waals surface area (Å²) >= 11 is 0. The first kappa shape index (κ1) is 14.3. The van der Waals surface area contributed by atoms with E-state index in [2.05, 4.69) is 21.9 Å². The van der Waals surface area contributed by atoms with E-state index < -0.39 is 0 Å². The van der Waals surface area contributed by atoms with E-state index in [0.717, 1.165) is 6.42 Å². The largest absolute Gasteiger partial charge is 0.493 e. The quantitative estimate of drug-likeness (QED) is 0.804. The van der Waals surface area contributed by atoms with Crippen molar-refractivity contribution in [3.05, 3.63) is 18.5 Å². The van der Waals surface area contributed by atoms with Gasteiger partial charge in [-0.2, -0.15) is 0 Å². The number of hydrogen-bond acceptors (Lipinski definition) is 6. The number of anilines is 1. The van der Waals surface area contributed by atoms with Crippen LogP contribution in [0.1, 0.15) is 31.7 Å². The molecule has 0 amide bonds. The van der Waals surface area contributed by atoms with Gasteiger partial charge >= 0.3 is 5.97 Å². The van der Waals surface area contributed by atoms with Gasteiger partial charge < -0.3 is 15.2 Å². The second-order valence-corrected chi connectivity index (χ2v) is 4.75. The van der Waals surface area contributed by atoms with Crippen molar-refractivity contribution in [1.82, 2.24) is 9.97 Å². The van der Waals surface area contributed by atoms with Gasteiger partial charge in [-0.15, -0.1) is 0 Å². The van der Waals surface area contributed by atoms with Crippen LogP contribution in [0.2, 0.25) is 0 Å². The molecule has 0 saturated heterocycles. The van der Waals surface area contributed by atoms with Crippen LogP contribution in [0.3, 0.4) is 0 Å². The summed E-state index contributed by atoms with van der Waals surface area (Å²) in [5.74, 6) is -0.00716. The normalized spacial score (nSPS) is 19.1. The highest BCUT2D eigenvalue weighted by Gasteiger charge is 2.25. The van der Waals surface area contributed by atoms with E-state index in [0.29, 0.717) is 42.9 Å². The summed E-state index contributed by atoms with van der Waals surface area (Å²) < 4.78 is 5.09. The zero-order valence-electron chi connectivity index (χ0n) is 11.6. The van der Waals surface area contributed by atoms with Gasteiger partial charge in [0.15, 0.2) is 0 Å². The number of hydrogen-bond donors (Lipinski definition) is 2. The maximum atomic E-state index is 11.9. The fraction of sp³-hybridized carbons (Fsp3) is 0.500. The number of carbonyl (C=O) groups is 1. The standard InChI is InChI=1S/C14H19N3O3/c1-3-20-14(19)10-5-4-6-15-12-11(9(2)7-10)13(18)17-8-16-12/h8,10H,2-7H2,1H3,(H2,15,16,17,18). The maximum absolute atomic E-state index is 11.9. The zero-order chi connectivity index (χ0) is 14.5. The van der Waals surface area contributed by atoms with E-state index in [9.17, 15) is 9.90 Å². The molecule has 2 rings (SSSR count). The Kier molecular flexibility index (Phi) is 4.55. The van der Waals surface area contributed by atoms with Crippen LogP contribution in [0.25, 0.3) is 5.57 Å². The minimum absolute atomic E-state index is 0.114. The van der Waals surface area contributed by atoms with E-state index in [1.807, 2.05) is 0 Å². The first-order valence-electron chi connectivity index (χ1n) is 6.76. The van der Waals surface area contributed by atoms with Crippen LogP contribution in [0.4, 0.5) is 5.82 Å². The molecule has 0 aromatic carbocycles. The van der Waals surface area contributed by atoms with Crippen molar-refractivity contribution >= 4 is 17.4 Å². The van der Waals surface area contributed by atoms with E-state index in [1.165, 1.54) is 6.33 Å². The third-order valence-corrected chi connectivity index (χ3v) is 3.32. The highest BCUT2D eigenvalue weighted by molar-refractivity contribution is 5.80. The molecule has 2 N–H and O–H groups in total. The second kappa shape index (κ2) is 6.36. The third kappa shape index (κ3) is 3.07. The molecule has 1 unspecified atom stereocenters. The molecule has 0 aliphatic carbocycles. The number of esters is 1. The van der Waals surface area contributed by atoms with Gasteiger partial charge in [-0.25, -0.2) is 9.97 Å². The Morgan fingerprint density at radius 3 is 3.15 bits per heavy atom. The molecule has 0 fully saturated rings. The van der Waals surface area contributed by atoms with Gasteiger partial charge in [-0.05, 0) is 31.8 Å². The molecule has 1 aromatic heterocycles. The average Bonchev–Trinajstić information content (AvgIpc) is 2.49. The van der Waals surface area contributed by atoms with Crippen LogP contribution in [-0.4, -0.2) is 34.2 Å². The molecule has 1 aliphatic rings. The van der Waals surface area contributed by atoms with E-state index in [4.69, 9.17) is 4.74 Å². The molecule has 20 heavy (non-hydrogen) atoms. The maximum Gasteiger partial charge on any atom is 0.309 e. The summed E-state index contributed by atoms with van der Waals surface area (Å²) in [6.45, 7) is 6.79. The fourth-order valence-corrected chi connectivity index (χ4v) is 2.35. The van der Waals surface area contributed by atoms with Gasteiger partial charge in [-0.3, -0.25) is 4.79 Å². The number of ether oxygens (including phenoxy) is 1. The molecular weight excluding hydrogens is 258 g/mol. The molecule has 1 aliphatic heterocycles. The molecule has 1 aromatic rings. The Morgan fingerprint density at radius 1 is 1.60 bits per heavy atom. The van der Waals surface area contributed by atoms with Crippen LogP contribution < -0.4 is 5.32 Å². The lowest BCUT2D eigenvalue weighted by Gasteiger charge is -2.16. The summed E-state index contributed by atoms with van der Waals surface area (Å²) in [7, 11) is 0. The molecule has 6 heteroatoms. The summed E-state index contributed by atoms with van der Waals surface area (Å²) in [6.07, 6.45) is 3.28. The van der Waals surface area contributed by atoms with Gasteiger partial charge in [-0.1, -0.05) is 6.58 Å². The predicted octanol–water partition coefficient (Wildman–Crippen LogP) is 1.97. The van der Waals surface area contributed by atoms with Gasteiger partial charge in [0.05, 0.1) is 18.1 Å². The highest BCUT2D eigenvalue weighted by atomic mass is 16.5. The summed E-state index contributed by atoms with van der Waals surface area (Å²) in [5, 5.41) is 13.0. The van der Waals surface area contributed by atoms with Crippen molar-refractivity contribution < 1.29 is 14.6 Å². The molecule has 6 nitrogen and oxygen atoms in total. The lowest BCUT2D eigenvalue weighted by atomic mass is 9.93. The lowest BCUT2D eigenvalue weighted by molar-refractivity contribution is -0.148. The van der Waals surface area contributed by atoms with Gasteiger partial charge in [0.1, 0.15) is 12.1 Å². The number of allylic oxidation sites excluding steroid dienone is 1. The highest BCUT2D eigenvalue weighted by Crippen LogP contribution is 2.34. The van der Waals surface area contributed by atoms with Crippen molar-refractivity contribution in [2.24, 2.45) is 5.92 Å². The summed E-state index contributed by atoms with van der Waals surface area (Å²) in [4.78, 5) is 19.8. The van der Waals surface area contributed by atoms with Crippen molar-refractivity contribution in [2.75, 3.05) is 18.5 Å². The summed E-state index contributed by atoms with van der Waals surface area (Å²) in [6, 6.07) is 0. The molecule has 0 spiro atoms. The molecule has 1 atom stereocenters. The predicted molar refractivity (Wildman–Crippen MR) is 75.2 cm³/mol. The van der Waals surface area contributed by atoms with Gasteiger partial charge in [0.2, 0.25) is 5.88 Å². The number of aromatic nitrogens is 2. The smallest absolute Gasteiger partial charge is 0.309 e. The number of nitrogens with one attached hydrogen (secondary N) is 1. The van der Waals surface area contributed by atoms with E-state index in [1.54, 1.807) is 6.92 Å². The van der Waals surface area contributed by atoms with Gasteiger partial charge in [0, 0.05) is 6.54 Å². The Hall–Kier alpha value is -2.11. The first-order chi connectivity index (χ1) is 9.63. The second-order valence-electron chi connectivity index (χ2n) is 4.75. The van der Waals surface area contributed by atoms with Crippen LogP contribution in [0.15, 0.2) is 12.9 Å². The average molecular weight is 277 g/mol. The van der Waals surface area contributed by atoms with Crippen LogP contribution >= 0.6 is 0 Å². The van der Waals surface area contributed by atoms with Crippen molar-refractivity contribution in [1.29, 1.82) is 0 Å². The Labute approximate surface area is 117 Å². The molecule has 0 saturated carbocycles. The van der Waals surface area contributed by atoms with Crippen LogP contribution in [-0.2, 0) is 9.53 Å². The summed E-state index contributed by atoms with van der Waals surface area (Å²) in [5.41, 5.74) is 1.13. The monoisotopic (exact) mass is 277 g/mol. The molecule has 2 heterocycles. The van der Waals surface area contributed by atoms with Crippen molar-refractivity contribution in [3.8, 4) is 5.88 Å². The molecule has 108 valence electrons. The minimum Gasteiger partial charge on any atom is -0.493 e. The van der Waals surface area contributed by atoms with E-state index >= 15 is 0 Å². The Balaban J connectivity index is 2.27. The lowest BCUT2D eigenvalue weighted by Crippen LogP contribution is -2.18. The fourth-order valence-electron chi connectivity index (χ4n) is 2.35. The van der Waals surface area contributed by atoms with Crippen molar-refractivity contribution in [3.63, 3.8) is 0 Å².